The molecule has 0 saturated carbocycles. The lowest BCUT2D eigenvalue weighted by atomic mass is 10.2. The number of nitro groups is 1. The Labute approximate surface area is 144 Å². The number of nitro benzene ring substituents is 1. The Balaban J connectivity index is 1.66. The third-order valence-electron chi connectivity index (χ3n) is 3.35. The molecule has 0 radical (unpaired) electrons. The van der Waals surface area contributed by atoms with Crippen LogP contribution in [0.15, 0.2) is 94.1 Å². The standard InChI is InChI=1S/C19H14N4O2/c24-23(25)19-12-10-18(11-13-19)22-21-17-8-6-16(7-9-17)20-14-15-4-2-1-3-5-15/h1-14H. The van der Waals surface area contributed by atoms with Crippen molar-refractivity contribution in [1.29, 1.82) is 0 Å². The first-order chi connectivity index (χ1) is 12.2. The first-order valence-electron chi connectivity index (χ1n) is 7.56. The van der Waals surface area contributed by atoms with Crippen molar-refractivity contribution in [2.24, 2.45) is 15.2 Å². The molecule has 3 aromatic rings. The van der Waals surface area contributed by atoms with Gasteiger partial charge in [0.25, 0.3) is 5.69 Å². The summed E-state index contributed by atoms with van der Waals surface area (Å²) in [5.41, 5.74) is 3.11. The van der Waals surface area contributed by atoms with Gasteiger partial charge in [0, 0.05) is 18.3 Å². The second-order valence-corrected chi connectivity index (χ2v) is 5.16. The van der Waals surface area contributed by atoms with Gasteiger partial charge in [0.1, 0.15) is 0 Å². The molecule has 0 spiro atoms. The minimum atomic E-state index is -0.449. The van der Waals surface area contributed by atoms with Crippen molar-refractivity contribution in [3.63, 3.8) is 0 Å². The molecule has 0 amide bonds. The van der Waals surface area contributed by atoms with Gasteiger partial charge in [-0.05, 0) is 42.0 Å². The topological polar surface area (TPSA) is 80.2 Å². The Morgan fingerprint density at radius 3 is 1.80 bits per heavy atom. The van der Waals surface area contributed by atoms with Crippen LogP contribution in [0.1, 0.15) is 5.56 Å². The SMILES string of the molecule is O=[N+]([O-])c1ccc(N=Nc2ccc(N=Cc3ccccc3)cc2)cc1. The Morgan fingerprint density at radius 2 is 1.24 bits per heavy atom. The van der Waals surface area contributed by atoms with Crippen LogP contribution in [0, 0.1) is 10.1 Å². The van der Waals surface area contributed by atoms with E-state index in [0.717, 1.165) is 11.3 Å². The fourth-order valence-electron chi connectivity index (χ4n) is 2.05. The van der Waals surface area contributed by atoms with Gasteiger partial charge in [-0.15, -0.1) is 0 Å². The Hall–Kier alpha value is -3.67. The fourth-order valence-corrected chi connectivity index (χ4v) is 2.05. The Morgan fingerprint density at radius 1 is 0.720 bits per heavy atom. The second-order valence-electron chi connectivity index (χ2n) is 5.16. The predicted molar refractivity (Wildman–Crippen MR) is 97.4 cm³/mol. The highest BCUT2D eigenvalue weighted by Crippen LogP contribution is 2.23. The number of benzene rings is 3. The lowest BCUT2D eigenvalue weighted by Gasteiger charge is -1.96. The zero-order chi connectivity index (χ0) is 17.5. The van der Waals surface area contributed by atoms with Gasteiger partial charge < -0.3 is 0 Å². The maximum absolute atomic E-state index is 10.6. The molecule has 0 atom stereocenters. The highest BCUT2D eigenvalue weighted by molar-refractivity contribution is 5.81. The number of non-ortho nitro benzene ring substituents is 1. The summed E-state index contributed by atoms with van der Waals surface area (Å²) in [5.74, 6) is 0. The molecule has 25 heavy (non-hydrogen) atoms. The van der Waals surface area contributed by atoms with Crippen LogP contribution in [0.3, 0.4) is 0 Å². The summed E-state index contributed by atoms with van der Waals surface area (Å²) in [4.78, 5) is 14.6. The van der Waals surface area contributed by atoms with E-state index >= 15 is 0 Å². The van der Waals surface area contributed by atoms with Gasteiger partial charge in [-0.1, -0.05) is 30.3 Å². The summed E-state index contributed by atoms with van der Waals surface area (Å²) in [7, 11) is 0. The maximum Gasteiger partial charge on any atom is 0.269 e. The van der Waals surface area contributed by atoms with E-state index < -0.39 is 4.92 Å². The van der Waals surface area contributed by atoms with Crippen molar-refractivity contribution in [3.05, 3.63) is 94.5 Å². The molecule has 0 N–H and O–H groups in total. The highest BCUT2D eigenvalue weighted by atomic mass is 16.6. The van der Waals surface area contributed by atoms with Gasteiger partial charge in [-0.3, -0.25) is 15.1 Å². The minimum absolute atomic E-state index is 0.0274. The first-order valence-corrected chi connectivity index (χ1v) is 7.56. The highest BCUT2D eigenvalue weighted by Gasteiger charge is 2.03. The molecular formula is C19H14N4O2. The zero-order valence-electron chi connectivity index (χ0n) is 13.2. The molecule has 0 aliphatic rings. The van der Waals surface area contributed by atoms with Gasteiger partial charge >= 0.3 is 0 Å². The van der Waals surface area contributed by atoms with Gasteiger partial charge in [0.15, 0.2) is 0 Å². The smallest absolute Gasteiger partial charge is 0.258 e. The first kappa shape index (κ1) is 16.2. The van der Waals surface area contributed by atoms with E-state index in [9.17, 15) is 10.1 Å². The van der Waals surface area contributed by atoms with E-state index in [-0.39, 0.29) is 5.69 Å². The average molecular weight is 330 g/mol. The number of aliphatic imine (C=N–C) groups is 1. The van der Waals surface area contributed by atoms with Crippen LogP contribution in [0.25, 0.3) is 0 Å². The van der Waals surface area contributed by atoms with E-state index in [0.29, 0.717) is 11.4 Å². The monoisotopic (exact) mass is 330 g/mol. The molecule has 0 aliphatic carbocycles. The van der Waals surface area contributed by atoms with Crippen molar-refractivity contribution in [3.8, 4) is 0 Å². The molecule has 0 heterocycles. The second kappa shape index (κ2) is 7.74. The molecule has 0 aliphatic heterocycles. The number of nitrogens with zero attached hydrogens (tertiary/aromatic N) is 4. The minimum Gasteiger partial charge on any atom is -0.258 e. The number of rotatable bonds is 5. The van der Waals surface area contributed by atoms with Crippen LogP contribution < -0.4 is 0 Å². The average Bonchev–Trinajstić information content (AvgIpc) is 2.67. The third kappa shape index (κ3) is 4.65. The quantitative estimate of drug-likeness (QED) is 0.258. The summed E-state index contributed by atoms with van der Waals surface area (Å²) in [6.45, 7) is 0. The fraction of sp³-hybridized carbons (Fsp3) is 0. The molecular weight excluding hydrogens is 316 g/mol. The van der Waals surface area contributed by atoms with Crippen molar-refractivity contribution in [1.82, 2.24) is 0 Å². The summed E-state index contributed by atoms with van der Waals surface area (Å²) < 4.78 is 0. The van der Waals surface area contributed by atoms with Crippen molar-refractivity contribution < 1.29 is 4.92 Å². The van der Waals surface area contributed by atoms with E-state index in [4.69, 9.17) is 0 Å². The molecule has 0 unspecified atom stereocenters. The van der Waals surface area contributed by atoms with Gasteiger partial charge in [0.2, 0.25) is 0 Å². The summed E-state index contributed by atoms with van der Waals surface area (Å²) in [5, 5.41) is 18.8. The van der Waals surface area contributed by atoms with Crippen molar-refractivity contribution in [2.75, 3.05) is 0 Å². The zero-order valence-corrected chi connectivity index (χ0v) is 13.2. The van der Waals surface area contributed by atoms with Crippen LogP contribution in [0.4, 0.5) is 22.7 Å². The number of hydrogen-bond acceptors (Lipinski definition) is 5. The lowest BCUT2D eigenvalue weighted by molar-refractivity contribution is -0.384. The molecule has 6 nitrogen and oxygen atoms in total. The van der Waals surface area contributed by atoms with E-state index in [1.165, 1.54) is 12.1 Å². The Kier molecular flexibility index (Phi) is 5.01. The number of azo groups is 1. The molecule has 0 fully saturated rings. The van der Waals surface area contributed by atoms with E-state index in [2.05, 4.69) is 15.2 Å². The van der Waals surface area contributed by atoms with Gasteiger partial charge in [0.05, 0.1) is 22.0 Å². The molecule has 122 valence electrons. The summed E-state index contributed by atoms with van der Waals surface area (Å²) in [6, 6.07) is 23.1. The maximum atomic E-state index is 10.6. The van der Waals surface area contributed by atoms with E-state index in [1.807, 2.05) is 54.6 Å². The molecule has 3 rings (SSSR count). The van der Waals surface area contributed by atoms with Crippen LogP contribution in [0.5, 0.6) is 0 Å². The van der Waals surface area contributed by atoms with Crippen LogP contribution in [-0.2, 0) is 0 Å². The van der Waals surface area contributed by atoms with Gasteiger partial charge in [-0.2, -0.15) is 10.2 Å². The van der Waals surface area contributed by atoms with Crippen molar-refractivity contribution >= 4 is 29.0 Å². The van der Waals surface area contributed by atoms with Crippen LogP contribution in [-0.4, -0.2) is 11.1 Å². The Bertz CT molecular complexity index is 902. The van der Waals surface area contributed by atoms with E-state index in [1.54, 1.807) is 18.3 Å². The molecule has 3 aromatic carbocycles. The van der Waals surface area contributed by atoms with Gasteiger partial charge in [-0.25, -0.2) is 0 Å². The lowest BCUT2D eigenvalue weighted by Crippen LogP contribution is -1.85. The predicted octanol–water partition coefficient (Wildman–Crippen LogP) is 5.76. The number of hydrogen-bond donors (Lipinski definition) is 0. The third-order valence-corrected chi connectivity index (χ3v) is 3.35. The summed E-state index contributed by atoms with van der Waals surface area (Å²) in [6.07, 6.45) is 1.80. The molecule has 0 aromatic heterocycles. The molecule has 0 saturated heterocycles. The van der Waals surface area contributed by atoms with Crippen LogP contribution in [0.2, 0.25) is 0 Å². The molecule has 0 bridgehead atoms. The summed E-state index contributed by atoms with van der Waals surface area (Å²) >= 11 is 0. The van der Waals surface area contributed by atoms with Crippen molar-refractivity contribution in [2.45, 2.75) is 0 Å². The normalized spacial score (nSPS) is 11.2. The molecule has 6 heteroatoms. The van der Waals surface area contributed by atoms with Crippen LogP contribution >= 0.6 is 0 Å². The largest absolute Gasteiger partial charge is 0.269 e.